The van der Waals surface area contributed by atoms with Gasteiger partial charge in [0, 0.05) is 10.5 Å². The molecule has 0 radical (unpaired) electrons. The Morgan fingerprint density at radius 3 is 3.08 bits per heavy atom. The zero-order valence-electron chi connectivity index (χ0n) is 6.32. The summed E-state index contributed by atoms with van der Waals surface area (Å²) in [4.78, 5) is 1.11. The molecule has 0 aliphatic carbocycles. The molecule has 1 aliphatic heterocycles. The second kappa shape index (κ2) is 3.16. The van der Waals surface area contributed by atoms with Gasteiger partial charge in [-0.3, -0.25) is 4.72 Å². The normalized spacial score (nSPS) is 19.2. The molecule has 0 unspecified atom stereocenters. The standard InChI is InChI=1S/C8H8N2OS/c11-10-7-5-9-12-8-4-2-1-3-6(7)8/h1-4,9,11H,5H2. The van der Waals surface area contributed by atoms with E-state index in [1.165, 1.54) is 0 Å². The van der Waals surface area contributed by atoms with Crippen LogP contribution in [-0.4, -0.2) is 17.5 Å². The fourth-order valence-electron chi connectivity index (χ4n) is 1.16. The van der Waals surface area contributed by atoms with Gasteiger partial charge >= 0.3 is 0 Å². The summed E-state index contributed by atoms with van der Waals surface area (Å²) in [6.45, 7) is 0.609. The van der Waals surface area contributed by atoms with Crippen molar-refractivity contribution in [1.29, 1.82) is 0 Å². The lowest BCUT2D eigenvalue weighted by atomic mass is 10.1. The quantitative estimate of drug-likeness (QED) is 0.361. The van der Waals surface area contributed by atoms with Crippen LogP contribution < -0.4 is 4.72 Å². The summed E-state index contributed by atoms with van der Waals surface area (Å²) in [7, 11) is 0. The van der Waals surface area contributed by atoms with Crippen molar-refractivity contribution in [2.75, 3.05) is 6.54 Å². The first-order valence-corrected chi connectivity index (χ1v) is 4.43. The average molecular weight is 180 g/mol. The Labute approximate surface area is 74.6 Å². The van der Waals surface area contributed by atoms with E-state index in [1.54, 1.807) is 11.9 Å². The van der Waals surface area contributed by atoms with Crippen LogP contribution in [0.2, 0.25) is 0 Å². The average Bonchev–Trinajstić information content (AvgIpc) is 2.17. The second-order valence-electron chi connectivity index (χ2n) is 2.47. The molecule has 2 rings (SSSR count). The third-order valence-corrected chi connectivity index (χ3v) is 2.60. The van der Waals surface area contributed by atoms with Crippen LogP contribution in [0.5, 0.6) is 0 Å². The monoisotopic (exact) mass is 180 g/mol. The van der Waals surface area contributed by atoms with Crippen molar-refractivity contribution in [2.45, 2.75) is 4.90 Å². The first-order chi connectivity index (χ1) is 5.92. The number of fused-ring (bicyclic) bond motifs is 1. The van der Waals surface area contributed by atoms with E-state index in [0.29, 0.717) is 12.3 Å². The van der Waals surface area contributed by atoms with Gasteiger partial charge in [0.2, 0.25) is 0 Å². The fourth-order valence-corrected chi connectivity index (χ4v) is 1.97. The van der Waals surface area contributed by atoms with Gasteiger partial charge in [0.25, 0.3) is 0 Å². The van der Waals surface area contributed by atoms with Crippen molar-refractivity contribution in [3.05, 3.63) is 29.8 Å². The van der Waals surface area contributed by atoms with E-state index >= 15 is 0 Å². The smallest absolute Gasteiger partial charge is 0.103 e. The number of hydrogen-bond donors (Lipinski definition) is 2. The molecular weight excluding hydrogens is 172 g/mol. The molecule has 0 saturated heterocycles. The highest BCUT2D eigenvalue weighted by atomic mass is 32.2. The SMILES string of the molecule is ON=C1CNSc2ccccc21. The number of nitrogens with one attached hydrogen (secondary N) is 1. The van der Waals surface area contributed by atoms with E-state index in [4.69, 9.17) is 5.21 Å². The molecule has 1 heterocycles. The number of rotatable bonds is 0. The molecule has 0 atom stereocenters. The third kappa shape index (κ3) is 1.19. The van der Waals surface area contributed by atoms with Gasteiger partial charge in [-0.2, -0.15) is 0 Å². The van der Waals surface area contributed by atoms with Gasteiger partial charge in [0.15, 0.2) is 0 Å². The molecule has 0 amide bonds. The van der Waals surface area contributed by atoms with Crippen LogP contribution >= 0.6 is 11.9 Å². The molecule has 1 aromatic carbocycles. The molecule has 1 aliphatic rings. The molecule has 0 saturated carbocycles. The van der Waals surface area contributed by atoms with E-state index in [0.717, 1.165) is 10.5 Å². The summed E-state index contributed by atoms with van der Waals surface area (Å²) >= 11 is 1.57. The molecule has 0 fully saturated rings. The molecule has 3 nitrogen and oxygen atoms in total. The first kappa shape index (κ1) is 7.64. The van der Waals surface area contributed by atoms with Crippen LogP contribution in [0, 0.1) is 0 Å². The van der Waals surface area contributed by atoms with Crippen LogP contribution in [0.1, 0.15) is 5.56 Å². The predicted molar refractivity (Wildman–Crippen MR) is 48.6 cm³/mol. The number of benzene rings is 1. The van der Waals surface area contributed by atoms with Crippen molar-refractivity contribution >= 4 is 17.7 Å². The summed E-state index contributed by atoms with van der Waals surface area (Å²) in [6, 6.07) is 7.86. The summed E-state index contributed by atoms with van der Waals surface area (Å²) in [5.41, 5.74) is 1.72. The molecule has 1 aromatic rings. The van der Waals surface area contributed by atoms with Gasteiger partial charge in [0.05, 0.1) is 6.54 Å². The van der Waals surface area contributed by atoms with Crippen LogP contribution in [0.4, 0.5) is 0 Å². The predicted octanol–water partition coefficient (Wildman–Crippen LogP) is 1.48. The number of nitrogens with zero attached hydrogens (tertiary/aromatic N) is 1. The third-order valence-electron chi connectivity index (χ3n) is 1.74. The maximum atomic E-state index is 8.68. The Kier molecular flexibility index (Phi) is 2.01. The van der Waals surface area contributed by atoms with Crippen molar-refractivity contribution in [3.63, 3.8) is 0 Å². The molecule has 12 heavy (non-hydrogen) atoms. The zero-order valence-corrected chi connectivity index (χ0v) is 7.14. The molecule has 4 heteroatoms. The highest BCUT2D eigenvalue weighted by Gasteiger charge is 2.14. The second-order valence-corrected chi connectivity index (χ2v) is 3.40. The molecule has 0 spiro atoms. The van der Waals surface area contributed by atoms with Crippen molar-refractivity contribution in [1.82, 2.24) is 4.72 Å². The minimum Gasteiger partial charge on any atom is -0.411 e. The highest BCUT2D eigenvalue weighted by molar-refractivity contribution is 7.97. The van der Waals surface area contributed by atoms with E-state index in [2.05, 4.69) is 9.88 Å². The molecule has 0 aromatic heterocycles. The van der Waals surface area contributed by atoms with Crippen LogP contribution in [0.25, 0.3) is 0 Å². The zero-order chi connectivity index (χ0) is 8.39. The Bertz CT molecular complexity index is 325. The van der Waals surface area contributed by atoms with Gasteiger partial charge in [0.1, 0.15) is 5.71 Å². The molecular formula is C8H8N2OS. The van der Waals surface area contributed by atoms with E-state index in [1.807, 2.05) is 24.3 Å². The van der Waals surface area contributed by atoms with Crippen molar-refractivity contribution in [3.8, 4) is 0 Å². The summed E-state index contributed by atoms with van der Waals surface area (Å²) < 4.78 is 3.07. The number of oxime groups is 1. The van der Waals surface area contributed by atoms with E-state index in [9.17, 15) is 0 Å². The Morgan fingerprint density at radius 2 is 2.25 bits per heavy atom. The Balaban J connectivity index is 2.51. The summed E-state index contributed by atoms with van der Waals surface area (Å²) in [5.74, 6) is 0. The highest BCUT2D eigenvalue weighted by Crippen LogP contribution is 2.23. The topological polar surface area (TPSA) is 44.6 Å². The fraction of sp³-hybridized carbons (Fsp3) is 0.125. The largest absolute Gasteiger partial charge is 0.411 e. The van der Waals surface area contributed by atoms with Gasteiger partial charge in [-0.1, -0.05) is 23.4 Å². The Morgan fingerprint density at radius 1 is 1.42 bits per heavy atom. The molecule has 62 valence electrons. The lowest BCUT2D eigenvalue weighted by Gasteiger charge is -2.15. The lowest BCUT2D eigenvalue weighted by Crippen LogP contribution is -2.23. The Hall–Kier alpha value is -1.00. The minimum absolute atomic E-state index is 0.609. The number of hydrogen-bond acceptors (Lipinski definition) is 4. The van der Waals surface area contributed by atoms with Crippen molar-refractivity contribution in [2.24, 2.45) is 5.16 Å². The van der Waals surface area contributed by atoms with Gasteiger partial charge in [-0.15, -0.1) is 0 Å². The van der Waals surface area contributed by atoms with Gasteiger partial charge in [-0.05, 0) is 18.0 Å². The van der Waals surface area contributed by atoms with Gasteiger partial charge in [-0.25, -0.2) is 0 Å². The summed E-state index contributed by atoms with van der Waals surface area (Å²) in [5, 5.41) is 11.9. The lowest BCUT2D eigenvalue weighted by molar-refractivity contribution is 0.318. The minimum atomic E-state index is 0.609. The van der Waals surface area contributed by atoms with E-state index in [-0.39, 0.29) is 0 Å². The maximum Gasteiger partial charge on any atom is 0.103 e. The van der Waals surface area contributed by atoms with E-state index < -0.39 is 0 Å². The maximum absolute atomic E-state index is 8.68. The van der Waals surface area contributed by atoms with Crippen molar-refractivity contribution < 1.29 is 5.21 Å². The molecule has 2 N–H and O–H groups in total. The summed E-state index contributed by atoms with van der Waals surface area (Å²) in [6.07, 6.45) is 0. The first-order valence-electron chi connectivity index (χ1n) is 3.62. The molecule has 0 bridgehead atoms. The van der Waals surface area contributed by atoms with Gasteiger partial charge < -0.3 is 5.21 Å². The van der Waals surface area contributed by atoms with Crippen LogP contribution in [0.15, 0.2) is 34.3 Å². The van der Waals surface area contributed by atoms with Crippen LogP contribution in [-0.2, 0) is 0 Å². The van der Waals surface area contributed by atoms with Crippen LogP contribution in [0.3, 0.4) is 0 Å².